The van der Waals surface area contributed by atoms with E-state index < -0.39 is 0 Å². The normalized spacial score (nSPS) is 14.7. The molecule has 0 atom stereocenters. The molecule has 0 spiro atoms. The molecule has 0 unspecified atom stereocenters. The van der Waals surface area contributed by atoms with E-state index in [1.165, 1.54) is 0 Å². The van der Waals surface area contributed by atoms with Gasteiger partial charge in [0.1, 0.15) is 11.6 Å². The maximum Gasteiger partial charge on any atom is 0.161 e. The Kier molecular flexibility index (Phi) is 2.70. The van der Waals surface area contributed by atoms with E-state index in [-0.39, 0.29) is 5.75 Å². The van der Waals surface area contributed by atoms with Gasteiger partial charge in [0.05, 0.1) is 10.2 Å². The van der Waals surface area contributed by atoms with Crippen molar-refractivity contribution in [3.8, 4) is 17.1 Å². The number of phenols is 1. The van der Waals surface area contributed by atoms with Gasteiger partial charge in [0.2, 0.25) is 0 Å². The lowest BCUT2D eigenvalue weighted by Crippen LogP contribution is -2.02. The number of anilines is 1. The smallest absolute Gasteiger partial charge is 0.161 e. The Morgan fingerprint density at radius 3 is 2.44 bits per heavy atom. The van der Waals surface area contributed by atoms with Gasteiger partial charge in [0.25, 0.3) is 0 Å². The van der Waals surface area contributed by atoms with E-state index in [4.69, 9.17) is 5.73 Å². The molecule has 5 heteroatoms. The number of nitrogens with zero attached hydrogens (tertiary/aromatic N) is 2. The highest BCUT2D eigenvalue weighted by atomic mass is 79.9. The van der Waals surface area contributed by atoms with Gasteiger partial charge >= 0.3 is 0 Å². The van der Waals surface area contributed by atoms with Gasteiger partial charge in [-0.25, -0.2) is 9.97 Å². The fraction of sp³-hybridized carbons (Fsp3) is 0.231. The summed E-state index contributed by atoms with van der Waals surface area (Å²) in [5.41, 5.74) is 7.75. The van der Waals surface area contributed by atoms with Crippen LogP contribution in [0.25, 0.3) is 11.4 Å². The highest BCUT2D eigenvalue weighted by Gasteiger charge is 2.29. The van der Waals surface area contributed by atoms with Gasteiger partial charge in [-0.15, -0.1) is 0 Å². The van der Waals surface area contributed by atoms with Gasteiger partial charge in [-0.05, 0) is 53.0 Å². The highest BCUT2D eigenvalue weighted by Crippen LogP contribution is 2.43. The molecule has 0 radical (unpaired) electrons. The first-order valence-corrected chi connectivity index (χ1v) is 6.57. The molecule has 3 N–H and O–H groups in total. The average Bonchev–Trinajstić information content (AvgIpc) is 3.18. The van der Waals surface area contributed by atoms with Crippen molar-refractivity contribution < 1.29 is 5.11 Å². The molecule has 1 aromatic heterocycles. The van der Waals surface area contributed by atoms with Gasteiger partial charge in [-0.1, -0.05) is 0 Å². The lowest BCUT2D eigenvalue weighted by molar-refractivity contribution is 0.475. The predicted octanol–water partition coefficient (Wildman–Crippen LogP) is 3.07. The fourth-order valence-electron chi connectivity index (χ4n) is 1.85. The van der Waals surface area contributed by atoms with E-state index in [1.807, 2.05) is 0 Å². The Labute approximate surface area is 113 Å². The van der Waals surface area contributed by atoms with Crippen LogP contribution < -0.4 is 5.73 Å². The molecular formula is C13H12BrN3O. The third-order valence-corrected chi connectivity index (χ3v) is 3.80. The largest absolute Gasteiger partial charge is 0.508 e. The van der Waals surface area contributed by atoms with E-state index in [1.54, 1.807) is 24.3 Å². The lowest BCUT2D eigenvalue weighted by atomic mass is 10.2. The summed E-state index contributed by atoms with van der Waals surface area (Å²) >= 11 is 3.45. The van der Waals surface area contributed by atoms with Crippen LogP contribution in [-0.4, -0.2) is 15.1 Å². The Bertz CT molecular complexity index is 594. The van der Waals surface area contributed by atoms with E-state index in [0.29, 0.717) is 17.6 Å². The molecule has 92 valence electrons. The van der Waals surface area contributed by atoms with Crippen LogP contribution in [0.15, 0.2) is 28.7 Å². The first-order valence-electron chi connectivity index (χ1n) is 5.77. The number of aromatic nitrogens is 2. The van der Waals surface area contributed by atoms with Gasteiger partial charge in [0, 0.05) is 11.5 Å². The maximum absolute atomic E-state index is 9.28. The lowest BCUT2D eigenvalue weighted by Gasteiger charge is -2.08. The van der Waals surface area contributed by atoms with Gasteiger partial charge in [-0.3, -0.25) is 0 Å². The van der Waals surface area contributed by atoms with Crippen LogP contribution in [0, 0.1) is 0 Å². The van der Waals surface area contributed by atoms with Crippen molar-refractivity contribution in [1.29, 1.82) is 0 Å². The number of phenolic OH excluding ortho intramolecular Hbond substituents is 1. The Morgan fingerprint density at radius 1 is 1.17 bits per heavy atom. The number of benzene rings is 1. The molecule has 0 bridgehead atoms. The van der Waals surface area contributed by atoms with Crippen LogP contribution in [0.1, 0.15) is 24.5 Å². The van der Waals surface area contributed by atoms with Crippen molar-refractivity contribution in [3.63, 3.8) is 0 Å². The molecule has 0 saturated heterocycles. The van der Waals surface area contributed by atoms with E-state index >= 15 is 0 Å². The average molecular weight is 306 g/mol. The molecule has 3 rings (SSSR count). The van der Waals surface area contributed by atoms with E-state index in [0.717, 1.165) is 28.6 Å². The van der Waals surface area contributed by atoms with Gasteiger partial charge < -0.3 is 10.8 Å². The minimum Gasteiger partial charge on any atom is -0.508 e. The van der Waals surface area contributed by atoms with Crippen LogP contribution in [0.5, 0.6) is 5.75 Å². The Morgan fingerprint density at radius 2 is 1.83 bits per heavy atom. The number of nitrogen functional groups attached to an aromatic ring is 1. The molecule has 1 heterocycles. The fourth-order valence-corrected chi connectivity index (χ4v) is 2.35. The van der Waals surface area contributed by atoms with E-state index in [9.17, 15) is 5.11 Å². The molecular weight excluding hydrogens is 294 g/mol. The molecule has 1 aliphatic rings. The Balaban J connectivity index is 2.09. The second kappa shape index (κ2) is 4.24. The highest BCUT2D eigenvalue weighted by molar-refractivity contribution is 9.10. The topological polar surface area (TPSA) is 72.0 Å². The van der Waals surface area contributed by atoms with E-state index in [2.05, 4.69) is 25.9 Å². The summed E-state index contributed by atoms with van der Waals surface area (Å²) in [5.74, 6) is 1.80. The van der Waals surface area contributed by atoms with Crippen molar-refractivity contribution in [1.82, 2.24) is 9.97 Å². The molecule has 4 nitrogen and oxygen atoms in total. The summed E-state index contributed by atoms with van der Waals surface area (Å²) < 4.78 is 0.813. The number of hydrogen-bond acceptors (Lipinski definition) is 4. The molecule has 0 amide bonds. The number of halogens is 1. The third kappa shape index (κ3) is 2.06. The third-order valence-electron chi connectivity index (χ3n) is 2.99. The van der Waals surface area contributed by atoms with Crippen LogP contribution in [0.2, 0.25) is 0 Å². The summed E-state index contributed by atoms with van der Waals surface area (Å²) in [7, 11) is 0. The number of hydrogen-bond donors (Lipinski definition) is 2. The van der Waals surface area contributed by atoms with Crippen LogP contribution in [-0.2, 0) is 0 Å². The van der Waals surface area contributed by atoms with Gasteiger partial charge in [0.15, 0.2) is 5.82 Å². The molecule has 2 aromatic rings. The summed E-state index contributed by atoms with van der Waals surface area (Å²) in [4.78, 5) is 8.86. The zero-order chi connectivity index (χ0) is 12.7. The first-order chi connectivity index (χ1) is 8.65. The second-order valence-corrected chi connectivity index (χ2v) is 5.25. The first kappa shape index (κ1) is 11.5. The standard InChI is InChI=1S/C13H12BrN3O/c14-10-11(7-1-2-7)16-13(17-12(10)15)8-3-5-9(18)6-4-8/h3-7,18H,1-2H2,(H2,15,16,17). The van der Waals surface area contributed by atoms with Crippen molar-refractivity contribution in [2.75, 3.05) is 5.73 Å². The molecule has 1 aromatic carbocycles. The quantitative estimate of drug-likeness (QED) is 0.894. The van der Waals surface area contributed by atoms with Crippen molar-refractivity contribution in [2.24, 2.45) is 0 Å². The minimum absolute atomic E-state index is 0.228. The predicted molar refractivity (Wildman–Crippen MR) is 73.2 cm³/mol. The number of rotatable bonds is 2. The Hall–Kier alpha value is -1.62. The monoisotopic (exact) mass is 305 g/mol. The van der Waals surface area contributed by atoms with Gasteiger partial charge in [-0.2, -0.15) is 0 Å². The summed E-state index contributed by atoms with van der Waals surface area (Å²) in [5, 5.41) is 9.28. The van der Waals surface area contributed by atoms with Crippen LogP contribution >= 0.6 is 15.9 Å². The summed E-state index contributed by atoms with van der Waals surface area (Å²) in [6, 6.07) is 6.81. The maximum atomic E-state index is 9.28. The number of aromatic hydroxyl groups is 1. The van der Waals surface area contributed by atoms with Crippen molar-refractivity contribution in [3.05, 3.63) is 34.4 Å². The molecule has 1 fully saturated rings. The minimum atomic E-state index is 0.228. The molecule has 18 heavy (non-hydrogen) atoms. The van der Waals surface area contributed by atoms with Crippen LogP contribution in [0.3, 0.4) is 0 Å². The van der Waals surface area contributed by atoms with Crippen molar-refractivity contribution in [2.45, 2.75) is 18.8 Å². The SMILES string of the molecule is Nc1nc(-c2ccc(O)cc2)nc(C2CC2)c1Br. The summed E-state index contributed by atoms with van der Waals surface area (Å²) in [6.07, 6.45) is 2.31. The van der Waals surface area contributed by atoms with Crippen LogP contribution in [0.4, 0.5) is 5.82 Å². The zero-order valence-electron chi connectivity index (χ0n) is 9.60. The molecule has 1 aliphatic carbocycles. The van der Waals surface area contributed by atoms with Crippen molar-refractivity contribution >= 4 is 21.7 Å². The zero-order valence-corrected chi connectivity index (χ0v) is 11.2. The number of nitrogens with two attached hydrogens (primary N) is 1. The molecule has 0 aliphatic heterocycles. The second-order valence-electron chi connectivity index (χ2n) is 4.45. The summed E-state index contributed by atoms with van der Waals surface area (Å²) in [6.45, 7) is 0. The molecule has 1 saturated carbocycles.